The van der Waals surface area contributed by atoms with E-state index in [0.29, 0.717) is 6.04 Å². The molecule has 0 aliphatic rings. The molecule has 1 N–H and O–H groups in total. The van der Waals surface area contributed by atoms with Crippen molar-refractivity contribution in [1.82, 2.24) is 5.32 Å². The molecule has 1 heterocycles. The molecule has 0 saturated carbocycles. The zero-order valence-corrected chi connectivity index (χ0v) is 13.5. The average Bonchev–Trinajstić information content (AvgIpc) is 2.50. The van der Waals surface area contributed by atoms with E-state index in [1.54, 1.807) is 11.3 Å². The van der Waals surface area contributed by atoms with Gasteiger partial charge in [0.15, 0.2) is 0 Å². The van der Waals surface area contributed by atoms with E-state index >= 15 is 0 Å². The van der Waals surface area contributed by atoms with Gasteiger partial charge in [0.1, 0.15) is 0 Å². The van der Waals surface area contributed by atoms with Gasteiger partial charge in [-0.25, -0.2) is 0 Å². The van der Waals surface area contributed by atoms with Crippen LogP contribution in [0.3, 0.4) is 0 Å². The fourth-order valence-electron chi connectivity index (χ4n) is 1.25. The third-order valence-corrected chi connectivity index (χ3v) is 4.51. The number of halogens is 2. The summed E-state index contributed by atoms with van der Waals surface area (Å²) in [4.78, 5) is 0. The van der Waals surface area contributed by atoms with Gasteiger partial charge in [0.25, 0.3) is 0 Å². The van der Waals surface area contributed by atoms with Crippen molar-refractivity contribution in [3.05, 3.63) is 19.2 Å². The highest BCUT2D eigenvalue weighted by atomic mass is 79.9. The molecule has 0 bridgehead atoms. The summed E-state index contributed by atoms with van der Waals surface area (Å²) in [6, 6.07) is 2.68. The minimum absolute atomic E-state index is 0.533. The molecule has 0 fully saturated rings. The van der Waals surface area contributed by atoms with Crippen molar-refractivity contribution >= 4 is 43.2 Å². The first-order valence-electron chi connectivity index (χ1n) is 5.34. The van der Waals surface area contributed by atoms with Gasteiger partial charge in [-0.15, -0.1) is 11.3 Å². The average molecular weight is 371 g/mol. The van der Waals surface area contributed by atoms with Crippen molar-refractivity contribution in [1.29, 1.82) is 0 Å². The minimum atomic E-state index is 0.533. The molecular weight excluding hydrogens is 354 g/mol. The summed E-state index contributed by atoms with van der Waals surface area (Å²) < 4.78 is 7.92. The van der Waals surface area contributed by atoms with E-state index in [9.17, 15) is 0 Å². The Balaban J connectivity index is 2.09. The first-order chi connectivity index (χ1) is 7.59. The van der Waals surface area contributed by atoms with Crippen LogP contribution in [0.25, 0.3) is 0 Å². The van der Waals surface area contributed by atoms with Crippen LogP contribution in [0.5, 0.6) is 0 Å². The van der Waals surface area contributed by atoms with Crippen LogP contribution >= 0.6 is 43.2 Å². The zero-order chi connectivity index (χ0) is 12.0. The Hall–Kier alpha value is 0.580. The van der Waals surface area contributed by atoms with Crippen LogP contribution in [0.1, 0.15) is 19.4 Å². The van der Waals surface area contributed by atoms with Crippen LogP contribution in [0, 0.1) is 0 Å². The molecule has 0 atom stereocenters. The molecule has 2 nitrogen and oxygen atoms in total. The maximum atomic E-state index is 5.56. The van der Waals surface area contributed by atoms with Gasteiger partial charge < -0.3 is 10.1 Å². The van der Waals surface area contributed by atoms with Crippen molar-refractivity contribution in [3.8, 4) is 0 Å². The topological polar surface area (TPSA) is 21.3 Å². The summed E-state index contributed by atoms with van der Waals surface area (Å²) in [6.07, 6.45) is 0.963. The Morgan fingerprint density at radius 1 is 1.38 bits per heavy atom. The maximum Gasteiger partial charge on any atom is 0.0743 e. The van der Waals surface area contributed by atoms with Crippen LogP contribution in [0.15, 0.2) is 13.6 Å². The highest BCUT2D eigenvalue weighted by Crippen LogP contribution is 2.31. The van der Waals surface area contributed by atoms with Crippen LogP contribution in [0.2, 0.25) is 0 Å². The minimum Gasteiger partial charge on any atom is -0.380 e. The molecule has 0 radical (unpaired) electrons. The lowest BCUT2D eigenvalue weighted by molar-refractivity contribution is 0.137. The highest BCUT2D eigenvalue weighted by Gasteiger charge is 2.04. The second-order valence-corrected chi connectivity index (χ2v) is 7.57. The SMILES string of the molecule is CC(C)NCCOCCc1cc(Br)sc1Br. The molecule has 0 saturated heterocycles. The number of ether oxygens (including phenoxy) is 1. The van der Waals surface area contributed by atoms with Gasteiger partial charge in [-0.2, -0.15) is 0 Å². The van der Waals surface area contributed by atoms with Crippen molar-refractivity contribution in [2.24, 2.45) is 0 Å². The number of nitrogens with one attached hydrogen (secondary N) is 1. The van der Waals surface area contributed by atoms with Crippen LogP contribution in [0.4, 0.5) is 0 Å². The van der Waals surface area contributed by atoms with Gasteiger partial charge in [-0.3, -0.25) is 0 Å². The van der Waals surface area contributed by atoms with E-state index in [1.165, 1.54) is 9.35 Å². The van der Waals surface area contributed by atoms with Gasteiger partial charge in [-0.1, -0.05) is 13.8 Å². The molecular formula is C11H17Br2NOS. The quantitative estimate of drug-likeness (QED) is 0.736. The van der Waals surface area contributed by atoms with Gasteiger partial charge in [-0.05, 0) is 49.9 Å². The van der Waals surface area contributed by atoms with Crippen molar-refractivity contribution < 1.29 is 4.74 Å². The molecule has 16 heavy (non-hydrogen) atoms. The smallest absolute Gasteiger partial charge is 0.0743 e. The van der Waals surface area contributed by atoms with Crippen LogP contribution < -0.4 is 5.32 Å². The standard InChI is InChI=1S/C11H17Br2NOS/c1-8(2)14-4-6-15-5-3-9-7-10(12)16-11(9)13/h7-8,14H,3-6H2,1-2H3. The van der Waals surface area contributed by atoms with Gasteiger partial charge >= 0.3 is 0 Å². The Labute approximate surface area is 118 Å². The summed E-state index contributed by atoms with van der Waals surface area (Å²) in [6.45, 7) is 6.76. The third kappa shape index (κ3) is 5.77. The van der Waals surface area contributed by atoms with Gasteiger partial charge in [0.05, 0.1) is 20.8 Å². The Kier molecular flexibility index (Phi) is 7.16. The summed E-state index contributed by atoms with van der Waals surface area (Å²) in [5.41, 5.74) is 1.31. The van der Waals surface area contributed by atoms with Gasteiger partial charge in [0, 0.05) is 12.6 Å². The number of hydrogen-bond donors (Lipinski definition) is 1. The molecule has 0 aromatic carbocycles. The highest BCUT2D eigenvalue weighted by molar-refractivity contribution is 9.12. The molecule has 0 aliphatic heterocycles. The summed E-state index contributed by atoms with van der Waals surface area (Å²) in [7, 11) is 0. The summed E-state index contributed by atoms with van der Waals surface area (Å²) in [5.74, 6) is 0. The number of thiophene rings is 1. The Morgan fingerprint density at radius 3 is 2.69 bits per heavy atom. The molecule has 1 aromatic heterocycles. The molecule has 0 aliphatic carbocycles. The Morgan fingerprint density at radius 2 is 2.12 bits per heavy atom. The maximum absolute atomic E-state index is 5.56. The molecule has 0 unspecified atom stereocenters. The van der Waals surface area contributed by atoms with Crippen molar-refractivity contribution in [3.63, 3.8) is 0 Å². The van der Waals surface area contributed by atoms with Crippen LogP contribution in [-0.4, -0.2) is 25.8 Å². The zero-order valence-electron chi connectivity index (χ0n) is 9.56. The first kappa shape index (κ1) is 14.6. The summed E-state index contributed by atoms with van der Waals surface area (Å²) in [5, 5.41) is 3.32. The fraction of sp³-hybridized carbons (Fsp3) is 0.636. The van der Waals surface area contributed by atoms with E-state index in [1.807, 2.05) is 0 Å². The monoisotopic (exact) mass is 369 g/mol. The molecule has 0 amide bonds. The number of rotatable bonds is 7. The van der Waals surface area contributed by atoms with E-state index in [-0.39, 0.29) is 0 Å². The van der Waals surface area contributed by atoms with E-state index in [0.717, 1.165) is 30.0 Å². The Bertz CT molecular complexity index is 315. The van der Waals surface area contributed by atoms with Crippen molar-refractivity contribution in [2.45, 2.75) is 26.3 Å². The largest absolute Gasteiger partial charge is 0.380 e. The number of hydrogen-bond acceptors (Lipinski definition) is 3. The van der Waals surface area contributed by atoms with E-state index in [2.05, 4.69) is 57.1 Å². The molecule has 1 aromatic rings. The molecule has 92 valence electrons. The molecule has 5 heteroatoms. The van der Waals surface area contributed by atoms with Crippen molar-refractivity contribution in [2.75, 3.05) is 19.8 Å². The third-order valence-electron chi connectivity index (χ3n) is 2.04. The molecule has 0 spiro atoms. The summed E-state index contributed by atoms with van der Waals surface area (Å²) >= 11 is 8.72. The lowest BCUT2D eigenvalue weighted by Gasteiger charge is -2.08. The second-order valence-electron chi connectivity index (χ2n) is 3.82. The second kappa shape index (κ2) is 7.82. The fourth-order valence-corrected chi connectivity index (χ4v) is 4.16. The van der Waals surface area contributed by atoms with E-state index < -0.39 is 0 Å². The van der Waals surface area contributed by atoms with Gasteiger partial charge in [0.2, 0.25) is 0 Å². The normalized spacial score (nSPS) is 11.3. The lowest BCUT2D eigenvalue weighted by atomic mass is 10.3. The molecule has 1 rings (SSSR count). The van der Waals surface area contributed by atoms with Crippen LogP contribution in [-0.2, 0) is 11.2 Å². The first-order valence-corrected chi connectivity index (χ1v) is 7.74. The predicted molar refractivity (Wildman–Crippen MR) is 77.4 cm³/mol. The predicted octanol–water partition coefficient (Wildman–Crippen LogP) is 3.83. The lowest BCUT2D eigenvalue weighted by Crippen LogP contribution is -2.26. The van der Waals surface area contributed by atoms with E-state index in [4.69, 9.17) is 4.74 Å².